The molecule has 0 atom stereocenters. The Morgan fingerprint density at radius 3 is 2.35 bits per heavy atom. The highest BCUT2D eigenvalue weighted by atomic mass is 32.2. The van der Waals surface area contributed by atoms with Crippen molar-refractivity contribution < 1.29 is 27.3 Å². The van der Waals surface area contributed by atoms with Gasteiger partial charge in [0, 0.05) is 40.0 Å². The van der Waals surface area contributed by atoms with E-state index in [9.17, 15) is 22.9 Å². The van der Waals surface area contributed by atoms with Gasteiger partial charge in [-0.1, -0.05) is 42.5 Å². The van der Waals surface area contributed by atoms with Crippen LogP contribution in [0.15, 0.2) is 117 Å². The van der Waals surface area contributed by atoms with E-state index in [1.807, 2.05) is 62.4 Å². The van der Waals surface area contributed by atoms with Crippen LogP contribution in [0.25, 0.3) is 33.4 Å². The van der Waals surface area contributed by atoms with E-state index in [0.29, 0.717) is 44.6 Å². The second-order valence-electron chi connectivity index (χ2n) is 10.2. The lowest BCUT2D eigenvalue weighted by Gasteiger charge is -2.18. The molecule has 3 N–H and O–H groups in total. The summed E-state index contributed by atoms with van der Waals surface area (Å²) in [6, 6.07) is 29.9. The smallest absolute Gasteiger partial charge is 0.336 e. The van der Waals surface area contributed by atoms with Crippen LogP contribution in [0.1, 0.15) is 21.5 Å². The lowest BCUT2D eigenvalue weighted by Crippen LogP contribution is -2.05. The average Bonchev–Trinajstić information content (AvgIpc) is 2.97. The van der Waals surface area contributed by atoms with Gasteiger partial charge in [0.25, 0.3) is 10.1 Å². The quantitative estimate of drug-likeness (QED) is 0.134. The third-order valence-electron chi connectivity index (χ3n) is 7.28. The molecule has 0 radical (unpaired) electrons. The van der Waals surface area contributed by atoms with Crippen molar-refractivity contribution in [1.29, 1.82) is 0 Å². The first-order chi connectivity index (χ1) is 20.6. The van der Waals surface area contributed by atoms with Crippen molar-refractivity contribution in [1.82, 2.24) is 0 Å². The first-order valence-electron chi connectivity index (χ1n) is 13.4. The highest BCUT2D eigenvalue weighted by Crippen LogP contribution is 2.42. The number of nitrogens with one attached hydrogen (secondary N) is 1. The Balaban J connectivity index is 1.58. The van der Waals surface area contributed by atoms with Crippen LogP contribution in [0.3, 0.4) is 0 Å². The van der Waals surface area contributed by atoms with E-state index in [1.165, 1.54) is 12.1 Å². The largest absolute Gasteiger partial charge is 0.478 e. The maximum atomic E-state index is 12.2. The minimum Gasteiger partial charge on any atom is -0.478 e. The molecule has 0 saturated heterocycles. The molecule has 0 saturated carbocycles. The molecule has 0 bridgehead atoms. The predicted molar refractivity (Wildman–Crippen MR) is 166 cm³/mol. The molecule has 4 aromatic rings. The molecule has 1 heterocycles. The van der Waals surface area contributed by atoms with E-state index < -0.39 is 16.1 Å². The standard InChI is InChI=1S/C34H26N2O6S/c1-20-7-3-6-10-29(20)35-22-12-15-27-31(17-22)42-32-18-23(36-30-19-24(43(39,40)41)14-11-21(30)2)13-16-28(32)33(27)25-8-4-5-9-26(25)34(37)38/h3-19,36H,1-2H3,(H,37,38)(H,39,40,41). The highest BCUT2D eigenvalue weighted by Gasteiger charge is 2.21. The van der Waals surface area contributed by atoms with E-state index in [-0.39, 0.29) is 10.5 Å². The molecule has 214 valence electrons. The van der Waals surface area contributed by atoms with Crippen LogP contribution in [0, 0.1) is 13.8 Å². The van der Waals surface area contributed by atoms with Crippen molar-refractivity contribution in [3.05, 3.63) is 125 Å². The molecule has 1 aliphatic heterocycles. The van der Waals surface area contributed by atoms with Crippen LogP contribution in [0.4, 0.5) is 17.1 Å². The Bertz CT molecular complexity index is 2200. The number of carboxylic acid groups (broad SMARTS) is 1. The van der Waals surface area contributed by atoms with Gasteiger partial charge in [0.05, 0.1) is 21.5 Å². The van der Waals surface area contributed by atoms with Crippen molar-refractivity contribution in [3.63, 3.8) is 0 Å². The third kappa shape index (κ3) is 5.51. The van der Waals surface area contributed by atoms with Crippen molar-refractivity contribution >= 4 is 44.1 Å². The summed E-state index contributed by atoms with van der Waals surface area (Å²) < 4.78 is 39.4. The van der Waals surface area contributed by atoms with E-state index in [2.05, 4.69) is 5.32 Å². The van der Waals surface area contributed by atoms with Gasteiger partial charge in [0.15, 0.2) is 0 Å². The fraction of sp³-hybridized carbons (Fsp3) is 0.0588. The van der Waals surface area contributed by atoms with E-state index in [4.69, 9.17) is 9.41 Å². The normalized spacial score (nSPS) is 12.1. The second kappa shape index (κ2) is 10.9. The van der Waals surface area contributed by atoms with Crippen molar-refractivity contribution in [2.24, 2.45) is 4.99 Å². The molecule has 9 heteroatoms. The van der Waals surface area contributed by atoms with Crippen LogP contribution < -0.4 is 10.7 Å². The van der Waals surface area contributed by atoms with Crippen LogP contribution in [-0.2, 0) is 10.1 Å². The van der Waals surface area contributed by atoms with Gasteiger partial charge in [0.2, 0.25) is 0 Å². The monoisotopic (exact) mass is 590 g/mol. The lowest BCUT2D eigenvalue weighted by molar-refractivity contribution is 0.0697. The Hall–Kier alpha value is -5.25. The third-order valence-corrected chi connectivity index (χ3v) is 8.13. The van der Waals surface area contributed by atoms with Crippen LogP contribution in [-0.4, -0.2) is 24.0 Å². The molecule has 0 spiro atoms. The first kappa shape index (κ1) is 27.9. The molecule has 1 aliphatic carbocycles. The summed E-state index contributed by atoms with van der Waals surface area (Å²) in [7, 11) is -4.39. The summed E-state index contributed by atoms with van der Waals surface area (Å²) in [5, 5.41) is 14.6. The van der Waals surface area contributed by atoms with Gasteiger partial charge in [0.1, 0.15) is 11.3 Å². The molecule has 43 heavy (non-hydrogen) atoms. The van der Waals surface area contributed by atoms with Crippen LogP contribution >= 0.6 is 0 Å². The number of aryl methyl sites for hydroxylation is 2. The van der Waals surface area contributed by atoms with Gasteiger partial charge in [-0.05, 0) is 79.1 Å². The summed E-state index contributed by atoms with van der Waals surface area (Å²) in [6.07, 6.45) is 0. The fourth-order valence-electron chi connectivity index (χ4n) is 5.08. The molecule has 6 rings (SSSR count). The lowest BCUT2D eigenvalue weighted by atomic mass is 9.90. The van der Waals surface area contributed by atoms with Gasteiger partial charge in [-0.2, -0.15) is 8.42 Å². The van der Waals surface area contributed by atoms with Gasteiger partial charge in [-0.25, -0.2) is 9.79 Å². The zero-order valence-corrected chi connectivity index (χ0v) is 24.0. The Morgan fingerprint density at radius 1 is 0.814 bits per heavy atom. The maximum Gasteiger partial charge on any atom is 0.336 e. The maximum absolute atomic E-state index is 12.2. The summed E-state index contributed by atoms with van der Waals surface area (Å²) in [4.78, 5) is 16.8. The van der Waals surface area contributed by atoms with E-state index >= 15 is 0 Å². The number of aromatic carboxylic acids is 1. The Labute approximate surface area is 247 Å². The second-order valence-corrected chi connectivity index (χ2v) is 11.6. The van der Waals surface area contributed by atoms with Crippen molar-refractivity contribution in [3.8, 4) is 22.5 Å². The molecule has 4 aromatic carbocycles. The number of carbonyl (C=O) groups is 1. The summed E-state index contributed by atoms with van der Waals surface area (Å²) in [6.45, 7) is 3.80. The number of nitrogens with zero attached hydrogens (tertiary/aromatic N) is 1. The number of fused-ring (bicyclic) bond motifs is 2. The summed E-state index contributed by atoms with van der Waals surface area (Å²) in [5.41, 5.74) is 6.31. The van der Waals surface area contributed by atoms with Crippen molar-refractivity contribution in [2.75, 3.05) is 5.32 Å². The number of hydrogen-bond donors (Lipinski definition) is 3. The number of benzene rings is 5. The number of hydrogen-bond acceptors (Lipinski definition) is 6. The zero-order chi connectivity index (χ0) is 30.3. The van der Waals surface area contributed by atoms with E-state index in [0.717, 1.165) is 22.4 Å². The molecule has 8 nitrogen and oxygen atoms in total. The Kier molecular flexibility index (Phi) is 7.05. The van der Waals surface area contributed by atoms with Crippen LogP contribution in [0.5, 0.6) is 0 Å². The average molecular weight is 591 g/mol. The predicted octanol–water partition coefficient (Wildman–Crippen LogP) is 7.74. The first-order valence-corrected chi connectivity index (χ1v) is 14.8. The summed E-state index contributed by atoms with van der Waals surface area (Å²) >= 11 is 0. The Morgan fingerprint density at radius 2 is 1.58 bits per heavy atom. The van der Waals surface area contributed by atoms with E-state index in [1.54, 1.807) is 42.5 Å². The molecular formula is C34H26N2O6S. The van der Waals surface area contributed by atoms with Gasteiger partial charge < -0.3 is 14.8 Å². The molecule has 0 aromatic heterocycles. The number of rotatable bonds is 6. The minimum absolute atomic E-state index is 0.157. The zero-order valence-electron chi connectivity index (χ0n) is 23.2. The van der Waals surface area contributed by atoms with Crippen LogP contribution in [0.2, 0.25) is 0 Å². The molecule has 0 fully saturated rings. The number of carboxylic acids is 1. The SMILES string of the molecule is Cc1ccccc1N=c1ccc2c(-c3ccccc3C(=O)O)c3ccc(Nc4cc(S(=O)(=O)O)ccc4C)cc3oc-2c1. The van der Waals surface area contributed by atoms with Crippen molar-refractivity contribution in [2.45, 2.75) is 18.7 Å². The molecular weight excluding hydrogens is 564 g/mol. The highest BCUT2D eigenvalue weighted by molar-refractivity contribution is 7.85. The topological polar surface area (TPSA) is 129 Å². The summed E-state index contributed by atoms with van der Waals surface area (Å²) in [5.74, 6) is -0.532. The molecule has 0 amide bonds. The minimum atomic E-state index is -4.39. The number of anilines is 2. The molecule has 0 unspecified atom stereocenters. The van der Waals surface area contributed by atoms with Gasteiger partial charge >= 0.3 is 5.97 Å². The molecule has 2 aliphatic rings. The number of para-hydroxylation sites is 1. The fourth-order valence-corrected chi connectivity index (χ4v) is 5.59. The van der Waals surface area contributed by atoms with Gasteiger partial charge in [-0.15, -0.1) is 0 Å². The van der Waals surface area contributed by atoms with Gasteiger partial charge in [-0.3, -0.25) is 4.55 Å².